The Balaban J connectivity index is 3.82. The Bertz CT molecular complexity index is 549. The third-order valence-corrected chi connectivity index (χ3v) is 3.07. The van der Waals surface area contributed by atoms with Crippen LogP contribution in [0.3, 0.4) is 0 Å². The maximum atomic E-state index is 10.4. The molecule has 0 saturated heterocycles. The van der Waals surface area contributed by atoms with E-state index < -0.39 is 0 Å². The molecule has 1 rings (SSSR count). The first-order valence-corrected chi connectivity index (χ1v) is 5.36. The molecule has 88 valence electrons. The number of rotatable bonds is 3. The number of hydrogen-bond acceptors (Lipinski definition) is 4. The Labute approximate surface area is 100 Å². The van der Waals surface area contributed by atoms with Gasteiger partial charge in [-0.3, -0.25) is 0 Å². The van der Waals surface area contributed by atoms with Crippen LogP contribution in [0.1, 0.15) is 29.2 Å². The molecule has 4 heteroatoms. The zero-order valence-electron chi connectivity index (χ0n) is 10.4. The molecule has 4 nitrogen and oxygen atoms in total. The lowest BCUT2D eigenvalue weighted by Crippen LogP contribution is -1.96. The minimum Gasteiger partial charge on any atom is -0.211 e. The van der Waals surface area contributed by atoms with Gasteiger partial charge in [0.15, 0.2) is 0 Å². The molecular formula is C13H14N2O2. The van der Waals surface area contributed by atoms with Gasteiger partial charge < -0.3 is 0 Å². The molecule has 1 aromatic carbocycles. The fourth-order valence-electron chi connectivity index (χ4n) is 2.08. The van der Waals surface area contributed by atoms with Crippen LogP contribution in [0.4, 0.5) is 11.4 Å². The standard InChI is InChI=1S/C13H14N2O2/c1-5-11-8(2)9(3)12(14-6-16)13(10(11)4)15-7-17/h5H2,1-4H3. The zero-order chi connectivity index (χ0) is 13.0. The Kier molecular flexibility index (Phi) is 4.11. The van der Waals surface area contributed by atoms with E-state index in [0.717, 1.165) is 28.7 Å². The SMILES string of the molecule is CCc1c(C)c(C)c(N=C=O)c(N=C=O)c1C. The first-order valence-electron chi connectivity index (χ1n) is 5.36. The molecule has 0 amide bonds. The number of isocyanates is 2. The number of nitrogens with zero attached hydrogens (tertiary/aromatic N) is 2. The number of aliphatic imine (C=N–C) groups is 2. The zero-order valence-corrected chi connectivity index (χ0v) is 10.4. The Morgan fingerprint density at radius 2 is 1.35 bits per heavy atom. The van der Waals surface area contributed by atoms with Crippen molar-refractivity contribution in [2.45, 2.75) is 34.1 Å². The molecule has 0 aliphatic heterocycles. The van der Waals surface area contributed by atoms with Gasteiger partial charge in [-0.25, -0.2) is 9.59 Å². The van der Waals surface area contributed by atoms with Crippen molar-refractivity contribution in [3.8, 4) is 0 Å². The topological polar surface area (TPSA) is 58.9 Å². The second-order valence-electron chi connectivity index (χ2n) is 3.81. The van der Waals surface area contributed by atoms with Crippen LogP contribution in [-0.2, 0) is 16.0 Å². The summed E-state index contributed by atoms with van der Waals surface area (Å²) in [6, 6.07) is 0. The van der Waals surface area contributed by atoms with E-state index in [1.54, 1.807) is 0 Å². The van der Waals surface area contributed by atoms with Crippen molar-refractivity contribution < 1.29 is 9.59 Å². The Hall–Kier alpha value is -2.02. The predicted molar refractivity (Wildman–Crippen MR) is 65.6 cm³/mol. The monoisotopic (exact) mass is 230 g/mol. The van der Waals surface area contributed by atoms with Crippen molar-refractivity contribution in [2.75, 3.05) is 0 Å². The number of hydrogen-bond donors (Lipinski definition) is 0. The van der Waals surface area contributed by atoms with Crippen molar-refractivity contribution in [1.29, 1.82) is 0 Å². The molecule has 0 N–H and O–H groups in total. The Morgan fingerprint density at radius 3 is 1.76 bits per heavy atom. The third-order valence-electron chi connectivity index (χ3n) is 3.07. The molecule has 0 spiro atoms. The van der Waals surface area contributed by atoms with Gasteiger partial charge in [0.1, 0.15) is 11.4 Å². The first-order chi connectivity index (χ1) is 8.08. The molecule has 0 atom stereocenters. The van der Waals surface area contributed by atoms with Crippen molar-refractivity contribution >= 4 is 23.5 Å². The number of benzene rings is 1. The van der Waals surface area contributed by atoms with E-state index in [1.165, 1.54) is 12.2 Å². The van der Waals surface area contributed by atoms with E-state index in [4.69, 9.17) is 0 Å². The lowest BCUT2D eigenvalue weighted by molar-refractivity contribution is 0.564. The van der Waals surface area contributed by atoms with Crippen molar-refractivity contribution in [3.63, 3.8) is 0 Å². The smallest absolute Gasteiger partial charge is 0.211 e. The molecule has 0 radical (unpaired) electrons. The minimum absolute atomic E-state index is 0.413. The second-order valence-corrected chi connectivity index (χ2v) is 3.81. The van der Waals surface area contributed by atoms with Gasteiger partial charge in [-0.15, -0.1) is 0 Å². The van der Waals surface area contributed by atoms with Crippen LogP contribution in [0, 0.1) is 20.8 Å². The molecular weight excluding hydrogens is 216 g/mol. The maximum absolute atomic E-state index is 10.4. The third kappa shape index (κ3) is 2.23. The molecule has 0 aliphatic rings. The van der Waals surface area contributed by atoms with Crippen molar-refractivity contribution in [3.05, 3.63) is 22.3 Å². The maximum Gasteiger partial charge on any atom is 0.240 e. The van der Waals surface area contributed by atoms with Gasteiger partial charge in [-0.1, -0.05) is 6.92 Å². The van der Waals surface area contributed by atoms with E-state index in [1.807, 2.05) is 27.7 Å². The van der Waals surface area contributed by atoms with Crippen LogP contribution in [0.25, 0.3) is 0 Å². The summed E-state index contributed by atoms with van der Waals surface area (Å²) in [5, 5.41) is 0. The van der Waals surface area contributed by atoms with Crippen molar-refractivity contribution in [2.24, 2.45) is 9.98 Å². The molecule has 0 aromatic heterocycles. The van der Waals surface area contributed by atoms with E-state index in [0.29, 0.717) is 11.4 Å². The van der Waals surface area contributed by atoms with Crippen LogP contribution in [-0.4, -0.2) is 12.2 Å². The van der Waals surface area contributed by atoms with Gasteiger partial charge >= 0.3 is 0 Å². The average Bonchev–Trinajstić information content (AvgIpc) is 2.31. The van der Waals surface area contributed by atoms with Gasteiger partial charge in [0, 0.05) is 0 Å². The highest BCUT2D eigenvalue weighted by Crippen LogP contribution is 2.39. The summed E-state index contributed by atoms with van der Waals surface area (Å²) in [7, 11) is 0. The lowest BCUT2D eigenvalue weighted by Gasteiger charge is -2.15. The van der Waals surface area contributed by atoms with Crippen LogP contribution in [0.2, 0.25) is 0 Å². The van der Waals surface area contributed by atoms with Gasteiger partial charge in [0.2, 0.25) is 12.2 Å². The van der Waals surface area contributed by atoms with Crippen LogP contribution in [0.5, 0.6) is 0 Å². The van der Waals surface area contributed by atoms with Crippen LogP contribution < -0.4 is 0 Å². The molecule has 0 saturated carbocycles. The largest absolute Gasteiger partial charge is 0.240 e. The number of carbonyl (C=O) groups excluding carboxylic acids is 2. The summed E-state index contributed by atoms with van der Waals surface area (Å²) < 4.78 is 0. The molecule has 0 bridgehead atoms. The molecule has 0 heterocycles. The van der Waals surface area contributed by atoms with Gasteiger partial charge in [0.25, 0.3) is 0 Å². The van der Waals surface area contributed by atoms with Gasteiger partial charge in [-0.05, 0) is 49.4 Å². The van der Waals surface area contributed by atoms with Gasteiger partial charge in [0.05, 0.1) is 0 Å². The summed E-state index contributed by atoms with van der Waals surface area (Å²) in [6.45, 7) is 7.73. The van der Waals surface area contributed by atoms with Crippen LogP contribution >= 0.6 is 0 Å². The normalized spacial score (nSPS) is 9.41. The molecule has 1 aromatic rings. The quantitative estimate of drug-likeness (QED) is 0.591. The highest BCUT2D eigenvalue weighted by atomic mass is 16.1. The predicted octanol–water partition coefficient (Wildman–Crippen LogP) is 3.11. The Morgan fingerprint density at radius 1 is 0.882 bits per heavy atom. The summed E-state index contributed by atoms with van der Waals surface area (Å²) in [6.07, 6.45) is 3.85. The lowest BCUT2D eigenvalue weighted by atomic mass is 9.93. The summed E-state index contributed by atoms with van der Waals surface area (Å²) in [4.78, 5) is 28.2. The van der Waals surface area contributed by atoms with E-state index in [-0.39, 0.29) is 0 Å². The first kappa shape index (κ1) is 13.0. The van der Waals surface area contributed by atoms with E-state index in [9.17, 15) is 9.59 Å². The second kappa shape index (κ2) is 5.35. The molecule has 0 fully saturated rings. The van der Waals surface area contributed by atoms with Crippen LogP contribution in [0.15, 0.2) is 9.98 Å². The molecule has 0 unspecified atom stereocenters. The fraction of sp³-hybridized carbons (Fsp3) is 0.385. The summed E-state index contributed by atoms with van der Waals surface area (Å²) in [5.74, 6) is 0. The fourth-order valence-corrected chi connectivity index (χ4v) is 2.08. The van der Waals surface area contributed by atoms with E-state index >= 15 is 0 Å². The highest BCUT2D eigenvalue weighted by Gasteiger charge is 2.15. The highest BCUT2D eigenvalue weighted by molar-refractivity contribution is 5.77. The van der Waals surface area contributed by atoms with Gasteiger partial charge in [-0.2, -0.15) is 9.98 Å². The molecule has 0 aliphatic carbocycles. The summed E-state index contributed by atoms with van der Waals surface area (Å²) >= 11 is 0. The molecule has 17 heavy (non-hydrogen) atoms. The minimum atomic E-state index is 0.413. The van der Waals surface area contributed by atoms with Crippen molar-refractivity contribution in [1.82, 2.24) is 0 Å². The average molecular weight is 230 g/mol. The van der Waals surface area contributed by atoms with E-state index in [2.05, 4.69) is 9.98 Å². The summed E-state index contributed by atoms with van der Waals surface area (Å²) in [5.41, 5.74) is 4.75.